The standard InChI is InChI=1S/C22H19BrN2O5/c1-14-9-17(23)10-15(2)21(14)29-13-20(26)25-24-12-16-5-3-6-18(11-16)30-22(27)19-7-4-8-28-19/h3-12H,13H2,1-2H3,(H,25,26). The third-order valence-electron chi connectivity index (χ3n) is 3.97. The van der Waals surface area contributed by atoms with E-state index in [1.165, 1.54) is 18.5 Å². The number of ether oxygens (including phenoxy) is 2. The molecular formula is C22H19BrN2O5. The normalized spacial score (nSPS) is 10.8. The molecule has 3 rings (SSSR count). The highest BCUT2D eigenvalue weighted by Crippen LogP contribution is 2.27. The number of halogens is 1. The Morgan fingerprint density at radius 2 is 1.90 bits per heavy atom. The van der Waals surface area contributed by atoms with Crippen LogP contribution in [0.4, 0.5) is 0 Å². The van der Waals surface area contributed by atoms with Crippen LogP contribution >= 0.6 is 15.9 Å². The molecule has 1 amide bonds. The van der Waals surface area contributed by atoms with Gasteiger partial charge in [0.25, 0.3) is 5.91 Å². The summed E-state index contributed by atoms with van der Waals surface area (Å²) in [6.07, 6.45) is 2.84. The number of furan rings is 1. The SMILES string of the molecule is Cc1cc(Br)cc(C)c1OCC(=O)NN=Cc1cccc(OC(=O)c2ccco2)c1. The van der Waals surface area contributed by atoms with Crippen molar-refractivity contribution in [2.75, 3.05) is 6.61 Å². The highest BCUT2D eigenvalue weighted by atomic mass is 79.9. The van der Waals surface area contributed by atoms with Gasteiger partial charge in [0.2, 0.25) is 5.76 Å². The molecule has 0 saturated heterocycles. The lowest BCUT2D eigenvalue weighted by atomic mass is 10.1. The number of carbonyl (C=O) groups is 2. The number of hydrazone groups is 1. The second kappa shape index (κ2) is 9.89. The van der Waals surface area contributed by atoms with Crippen LogP contribution in [0.1, 0.15) is 27.2 Å². The van der Waals surface area contributed by atoms with Crippen molar-refractivity contribution in [2.24, 2.45) is 5.10 Å². The highest BCUT2D eigenvalue weighted by molar-refractivity contribution is 9.10. The second-order valence-electron chi connectivity index (χ2n) is 6.39. The van der Waals surface area contributed by atoms with Gasteiger partial charge in [-0.2, -0.15) is 5.10 Å². The maximum Gasteiger partial charge on any atom is 0.379 e. The van der Waals surface area contributed by atoms with E-state index in [9.17, 15) is 9.59 Å². The lowest BCUT2D eigenvalue weighted by molar-refractivity contribution is -0.123. The summed E-state index contributed by atoms with van der Waals surface area (Å²) in [6, 6.07) is 13.7. The molecule has 0 aliphatic carbocycles. The lowest BCUT2D eigenvalue weighted by Gasteiger charge is -2.11. The van der Waals surface area contributed by atoms with E-state index in [1.54, 1.807) is 30.3 Å². The highest BCUT2D eigenvalue weighted by Gasteiger charge is 2.11. The van der Waals surface area contributed by atoms with E-state index in [0.29, 0.717) is 17.1 Å². The summed E-state index contributed by atoms with van der Waals surface area (Å²) < 4.78 is 16.8. The van der Waals surface area contributed by atoms with Gasteiger partial charge in [0.1, 0.15) is 11.5 Å². The average molecular weight is 471 g/mol. The molecule has 2 aromatic carbocycles. The Hall–Kier alpha value is -3.39. The summed E-state index contributed by atoms with van der Waals surface area (Å²) in [5, 5.41) is 3.91. The van der Waals surface area contributed by atoms with E-state index in [1.807, 2.05) is 26.0 Å². The fraction of sp³-hybridized carbons (Fsp3) is 0.136. The van der Waals surface area contributed by atoms with E-state index in [4.69, 9.17) is 13.9 Å². The van der Waals surface area contributed by atoms with Gasteiger partial charge in [0, 0.05) is 4.47 Å². The average Bonchev–Trinajstić information content (AvgIpc) is 3.22. The van der Waals surface area contributed by atoms with Crippen LogP contribution in [0, 0.1) is 13.8 Å². The van der Waals surface area contributed by atoms with Gasteiger partial charge in [-0.15, -0.1) is 0 Å². The maximum atomic E-state index is 12.0. The van der Waals surface area contributed by atoms with Gasteiger partial charge < -0.3 is 13.9 Å². The van der Waals surface area contributed by atoms with Crippen LogP contribution in [0.15, 0.2) is 68.8 Å². The molecule has 0 aliphatic rings. The zero-order valence-corrected chi connectivity index (χ0v) is 17.9. The van der Waals surface area contributed by atoms with Crippen molar-refractivity contribution in [3.63, 3.8) is 0 Å². The van der Waals surface area contributed by atoms with Crippen molar-refractivity contribution in [1.29, 1.82) is 0 Å². The fourth-order valence-corrected chi connectivity index (χ4v) is 3.37. The zero-order valence-electron chi connectivity index (χ0n) is 16.3. The van der Waals surface area contributed by atoms with E-state index >= 15 is 0 Å². The van der Waals surface area contributed by atoms with Crippen LogP contribution in [-0.2, 0) is 4.79 Å². The molecule has 1 N–H and O–H groups in total. The van der Waals surface area contributed by atoms with Crippen molar-refractivity contribution in [3.05, 3.63) is 81.7 Å². The summed E-state index contributed by atoms with van der Waals surface area (Å²) in [6.45, 7) is 3.66. The van der Waals surface area contributed by atoms with Gasteiger partial charge in [-0.1, -0.05) is 28.1 Å². The van der Waals surface area contributed by atoms with Crippen LogP contribution < -0.4 is 14.9 Å². The van der Waals surface area contributed by atoms with Crippen LogP contribution in [0.2, 0.25) is 0 Å². The molecule has 30 heavy (non-hydrogen) atoms. The first-order chi connectivity index (χ1) is 14.4. The Morgan fingerprint density at radius 1 is 1.13 bits per heavy atom. The lowest BCUT2D eigenvalue weighted by Crippen LogP contribution is -2.25. The number of aryl methyl sites for hydroxylation is 2. The van der Waals surface area contributed by atoms with E-state index in [0.717, 1.165) is 15.6 Å². The summed E-state index contributed by atoms with van der Waals surface area (Å²) in [7, 11) is 0. The number of benzene rings is 2. The van der Waals surface area contributed by atoms with Crippen molar-refractivity contribution >= 4 is 34.0 Å². The molecule has 0 saturated carbocycles. The molecular weight excluding hydrogens is 452 g/mol. The smallest absolute Gasteiger partial charge is 0.379 e. The number of amides is 1. The maximum absolute atomic E-state index is 12.0. The van der Waals surface area contributed by atoms with Crippen LogP contribution in [-0.4, -0.2) is 24.7 Å². The zero-order chi connectivity index (χ0) is 21.5. The third-order valence-corrected chi connectivity index (χ3v) is 4.42. The van der Waals surface area contributed by atoms with Crippen molar-refractivity contribution in [1.82, 2.24) is 5.43 Å². The Labute approximate surface area is 181 Å². The fourth-order valence-electron chi connectivity index (χ4n) is 2.68. The second-order valence-corrected chi connectivity index (χ2v) is 7.31. The largest absolute Gasteiger partial charge is 0.483 e. The minimum absolute atomic E-state index is 0.109. The molecule has 0 aliphatic heterocycles. The summed E-state index contributed by atoms with van der Waals surface area (Å²) in [5.74, 6) is 0.114. The van der Waals surface area contributed by atoms with Crippen molar-refractivity contribution < 1.29 is 23.5 Å². The number of esters is 1. The molecule has 0 spiro atoms. The first kappa shape index (κ1) is 21.3. The Kier molecular flexibility index (Phi) is 7.03. The number of hydrogen-bond donors (Lipinski definition) is 1. The molecule has 7 nitrogen and oxygen atoms in total. The van der Waals surface area contributed by atoms with E-state index in [2.05, 4.69) is 26.5 Å². The van der Waals surface area contributed by atoms with Gasteiger partial charge >= 0.3 is 5.97 Å². The molecule has 0 atom stereocenters. The topological polar surface area (TPSA) is 90.1 Å². The van der Waals surface area contributed by atoms with Gasteiger partial charge in [-0.05, 0) is 66.9 Å². The predicted octanol–water partition coefficient (Wildman–Crippen LogP) is 4.41. The first-order valence-electron chi connectivity index (χ1n) is 8.99. The quantitative estimate of drug-likeness (QED) is 0.239. The van der Waals surface area contributed by atoms with Crippen LogP contribution in [0.5, 0.6) is 11.5 Å². The van der Waals surface area contributed by atoms with E-state index in [-0.39, 0.29) is 12.4 Å². The molecule has 1 heterocycles. The molecule has 3 aromatic rings. The Morgan fingerprint density at radius 3 is 2.60 bits per heavy atom. The van der Waals surface area contributed by atoms with Gasteiger partial charge in [-0.25, -0.2) is 10.2 Å². The molecule has 0 radical (unpaired) electrons. The van der Waals surface area contributed by atoms with Crippen molar-refractivity contribution in [2.45, 2.75) is 13.8 Å². The summed E-state index contributed by atoms with van der Waals surface area (Å²) in [5.41, 5.74) is 4.91. The predicted molar refractivity (Wildman–Crippen MR) is 115 cm³/mol. The van der Waals surface area contributed by atoms with Crippen LogP contribution in [0.3, 0.4) is 0 Å². The van der Waals surface area contributed by atoms with Gasteiger partial charge in [-0.3, -0.25) is 4.79 Å². The first-order valence-corrected chi connectivity index (χ1v) is 9.79. The monoisotopic (exact) mass is 470 g/mol. The Bertz CT molecular complexity index is 1050. The van der Waals surface area contributed by atoms with E-state index < -0.39 is 11.9 Å². The number of hydrogen-bond acceptors (Lipinski definition) is 6. The number of carbonyl (C=O) groups excluding carboxylic acids is 2. The molecule has 0 unspecified atom stereocenters. The minimum atomic E-state index is -0.599. The number of nitrogens with zero attached hydrogens (tertiary/aromatic N) is 1. The number of rotatable bonds is 7. The molecule has 8 heteroatoms. The molecule has 154 valence electrons. The molecule has 0 fully saturated rings. The minimum Gasteiger partial charge on any atom is -0.483 e. The van der Waals surface area contributed by atoms with Crippen molar-refractivity contribution in [3.8, 4) is 11.5 Å². The van der Waals surface area contributed by atoms with Gasteiger partial charge in [0.05, 0.1) is 12.5 Å². The third kappa shape index (κ3) is 5.81. The van der Waals surface area contributed by atoms with Crippen LogP contribution in [0.25, 0.3) is 0 Å². The Balaban J connectivity index is 1.52. The van der Waals surface area contributed by atoms with Gasteiger partial charge in [0.15, 0.2) is 6.61 Å². The molecule has 1 aromatic heterocycles. The summed E-state index contributed by atoms with van der Waals surface area (Å²) in [4.78, 5) is 23.9. The number of nitrogens with one attached hydrogen (secondary N) is 1. The summed E-state index contributed by atoms with van der Waals surface area (Å²) >= 11 is 3.43. The molecule has 0 bridgehead atoms.